The van der Waals surface area contributed by atoms with Gasteiger partial charge in [-0.1, -0.05) is 12.1 Å². The second-order valence-corrected chi connectivity index (χ2v) is 19.7. The third kappa shape index (κ3) is 9.13. The Kier molecular flexibility index (Phi) is 13.6. The summed E-state index contributed by atoms with van der Waals surface area (Å²) < 4.78 is 48.7. The molecule has 11 atom stereocenters. The van der Waals surface area contributed by atoms with Crippen molar-refractivity contribution in [3.05, 3.63) is 135 Å². The minimum Gasteiger partial charge on any atom is -0.508 e. The molecule has 1 unspecified atom stereocenters. The summed E-state index contributed by atoms with van der Waals surface area (Å²) in [5, 5.41) is 177. The minimum absolute atomic E-state index is 0.0129. The van der Waals surface area contributed by atoms with Gasteiger partial charge in [-0.2, -0.15) is 0 Å². The Labute approximate surface area is 457 Å². The topological polar surface area (TPSA) is 398 Å². The number of benzene rings is 6. The molecule has 24 heteroatoms. The van der Waals surface area contributed by atoms with Gasteiger partial charge in [0, 0.05) is 58.5 Å². The van der Waals surface area contributed by atoms with Crippen LogP contribution in [0.3, 0.4) is 0 Å². The molecule has 1 saturated heterocycles. The number of methoxy groups -OCH3 is 2. The van der Waals surface area contributed by atoms with Crippen molar-refractivity contribution in [2.24, 2.45) is 0 Å². The van der Waals surface area contributed by atoms with Crippen molar-refractivity contribution in [2.75, 3.05) is 20.8 Å². The molecule has 24 nitrogen and oxygen atoms in total. The number of fused-ring (bicyclic) bond motifs is 2. The Bertz CT molecular complexity index is 3580. The van der Waals surface area contributed by atoms with E-state index < -0.39 is 125 Å². The molecule has 5 aliphatic rings. The highest BCUT2D eigenvalue weighted by molar-refractivity contribution is 5.95. The third-order valence-electron chi connectivity index (χ3n) is 14.7. The number of hydrogen-bond acceptors (Lipinski definition) is 24. The van der Waals surface area contributed by atoms with E-state index in [1.165, 1.54) is 68.8 Å². The van der Waals surface area contributed by atoms with E-state index in [9.17, 15) is 81.7 Å². The van der Waals surface area contributed by atoms with Crippen molar-refractivity contribution in [3.63, 3.8) is 0 Å². The van der Waals surface area contributed by atoms with Gasteiger partial charge in [-0.05, 0) is 65.8 Å². The maximum Gasteiger partial charge on any atom is 0.229 e. The molecular formula is C57H52O24. The van der Waals surface area contributed by atoms with Crippen molar-refractivity contribution < 1.29 is 120 Å². The van der Waals surface area contributed by atoms with Crippen LogP contribution < -0.4 is 28.4 Å². The normalized spacial score (nSPS) is 25.5. The minimum atomic E-state index is -1.94. The Balaban J connectivity index is 1.08. The second kappa shape index (κ2) is 20.5. The number of hydrogen-bond donors (Lipinski definition) is 16. The summed E-state index contributed by atoms with van der Waals surface area (Å²) in [4.78, 5) is 0. The number of phenolic OH excluding ortho intramolecular Hbond substituents is 10. The smallest absolute Gasteiger partial charge is 0.229 e. The maximum atomic E-state index is 12.6. The van der Waals surface area contributed by atoms with Crippen LogP contribution in [-0.2, 0) is 15.9 Å². The molecule has 1 fully saturated rings. The average Bonchev–Trinajstić information content (AvgIpc) is 3.64. The molecule has 6 aromatic rings. The van der Waals surface area contributed by atoms with Gasteiger partial charge < -0.3 is 120 Å². The van der Waals surface area contributed by atoms with E-state index in [1.54, 1.807) is 0 Å². The molecule has 6 aromatic carbocycles. The lowest BCUT2D eigenvalue weighted by molar-refractivity contribution is -0.290. The van der Waals surface area contributed by atoms with Crippen LogP contribution in [0.25, 0.3) is 17.4 Å². The Morgan fingerprint density at radius 3 is 1.83 bits per heavy atom. The van der Waals surface area contributed by atoms with Gasteiger partial charge in [0.15, 0.2) is 52.1 Å². The first kappa shape index (κ1) is 53.8. The zero-order chi connectivity index (χ0) is 57.6. The highest BCUT2D eigenvalue weighted by Crippen LogP contribution is 2.59. The fourth-order valence-electron chi connectivity index (χ4n) is 10.8. The lowest BCUT2D eigenvalue weighted by Crippen LogP contribution is -2.59. The Morgan fingerprint density at radius 2 is 1.20 bits per heavy atom. The highest BCUT2D eigenvalue weighted by Gasteiger charge is 2.49. The van der Waals surface area contributed by atoms with Crippen molar-refractivity contribution in [1.82, 2.24) is 0 Å². The van der Waals surface area contributed by atoms with Crippen LogP contribution in [0.5, 0.6) is 92.0 Å². The fourth-order valence-corrected chi connectivity index (χ4v) is 10.8. The largest absolute Gasteiger partial charge is 0.508 e. The summed E-state index contributed by atoms with van der Waals surface area (Å²) in [5.74, 6) is -8.41. The van der Waals surface area contributed by atoms with Gasteiger partial charge in [-0.3, -0.25) is 0 Å². The summed E-state index contributed by atoms with van der Waals surface area (Å²) >= 11 is 0. The Morgan fingerprint density at radius 1 is 0.593 bits per heavy atom. The number of rotatable bonds is 11. The van der Waals surface area contributed by atoms with Gasteiger partial charge in [-0.15, -0.1) is 0 Å². The van der Waals surface area contributed by atoms with Crippen LogP contribution in [-0.4, -0.2) is 152 Å². The second-order valence-electron chi connectivity index (χ2n) is 19.7. The number of phenols is 10. The molecule has 0 amide bonds. The number of aromatic hydroxyl groups is 10. The molecular weight excluding hydrogens is 1070 g/mol. The molecule has 81 heavy (non-hydrogen) atoms. The Hall–Kier alpha value is -9.14. The van der Waals surface area contributed by atoms with Crippen LogP contribution in [0.2, 0.25) is 0 Å². The van der Waals surface area contributed by atoms with Gasteiger partial charge in [0.1, 0.15) is 94.5 Å². The predicted octanol–water partition coefficient (Wildman–Crippen LogP) is 3.86. The first-order valence-electron chi connectivity index (χ1n) is 24.9. The first-order chi connectivity index (χ1) is 38.7. The standard InChI is InChI=1S/C57H52O24/c1-74-39-11-22(12-40(75-2)46(39)69)53-56(81-57-50(73)49(72)47(70)41(19-58)78-57)27-15-24(76-37-13-23(59)14-38(77-53)42(27)37)5-6-25-30(62)17-34(66)43-45(48(71)52(80-54(25)43)21-4-8-29(61)33(65)10-21)44-35(67)18-31(63)26-16-36(68)51(79-55(26)44)20-3-7-28(60)32(64)9-20/h3-15,17-18,24,36,41,45,47-52,57-73H,16,19H2,1-2H3/t24?,36-,41+,45+,47+,48+,49-,50+,51+,52-,57+/m0/s1. The summed E-state index contributed by atoms with van der Waals surface area (Å²) in [6.07, 6.45) is -12.5. The molecule has 424 valence electrons. The van der Waals surface area contributed by atoms with Crippen LogP contribution >= 0.6 is 0 Å². The number of aliphatic hydroxyl groups is 6. The van der Waals surface area contributed by atoms with E-state index in [-0.39, 0.29) is 108 Å². The fraction of sp³-hybridized carbons (Fsp3) is 0.263. The van der Waals surface area contributed by atoms with Gasteiger partial charge in [0.25, 0.3) is 0 Å². The first-order valence-corrected chi connectivity index (χ1v) is 24.9. The van der Waals surface area contributed by atoms with Gasteiger partial charge in [0.05, 0.1) is 44.0 Å². The zero-order valence-electron chi connectivity index (χ0n) is 42.3. The number of ether oxygens (including phenoxy) is 8. The van der Waals surface area contributed by atoms with E-state index in [0.717, 1.165) is 36.4 Å². The summed E-state index contributed by atoms with van der Waals surface area (Å²) in [5.41, 5.74) is -0.225. The number of allylic oxidation sites excluding steroid dienone is 1. The summed E-state index contributed by atoms with van der Waals surface area (Å²) in [6, 6.07) is 14.2. The van der Waals surface area contributed by atoms with Gasteiger partial charge in [-0.25, -0.2) is 0 Å². The van der Waals surface area contributed by atoms with Gasteiger partial charge >= 0.3 is 0 Å². The molecule has 5 aliphatic heterocycles. The quantitative estimate of drug-likeness (QED) is 0.0819. The molecule has 0 saturated carbocycles. The van der Waals surface area contributed by atoms with Crippen LogP contribution in [0.4, 0.5) is 0 Å². The van der Waals surface area contributed by atoms with E-state index in [4.69, 9.17) is 37.9 Å². The molecule has 0 aliphatic carbocycles. The SMILES string of the molecule is COc1cc(C2=C(O[C@H]3O[C@H](CO)[C@@H](O)[C@H](O)[C@H]3O)C3=CC(C=Cc4c(O)cc(O)c5c4O[C@@H](c4ccc(O)c(O)c4)[C@H](O)[C@H]5c4c(O)cc(O)c5c4O[C@H](c4ccc(O)c(O)c4)[C@@H](O)C5)Oc4cc(O)cc(c43)O2)cc(OC)c1O. The van der Waals surface area contributed by atoms with Crippen molar-refractivity contribution >= 4 is 17.4 Å². The summed E-state index contributed by atoms with van der Waals surface area (Å²) in [7, 11) is 2.55. The lowest BCUT2D eigenvalue weighted by Gasteiger charge is -2.41. The van der Waals surface area contributed by atoms with E-state index in [0.29, 0.717) is 0 Å². The van der Waals surface area contributed by atoms with Crippen molar-refractivity contribution in [1.29, 1.82) is 0 Å². The summed E-state index contributed by atoms with van der Waals surface area (Å²) in [6.45, 7) is -0.811. The zero-order valence-corrected chi connectivity index (χ0v) is 42.3. The molecule has 16 N–H and O–H groups in total. The molecule has 11 rings (SSSR count). The number of aliphatic hydroxyl groups excluding tert-OH is 6. The molecule has 0 aromatic heterocycles. The molecule has 0 radical (unpaired) electrons. The third-order valence-corrected chi connectivity index (χ3v) is 14.7. The molecule has 0 spiro atoms. The van der Waals surface area contributed by atoms with E-state index in [1.807, 2.05) is 0 Å². The predicted molar refractivity (Wildman–Crippen MR) is 277 cm³/mol. The average molecular weight is 1120 g/mol. The van der Waals surface area contributed by atoms with Crippen LogP contribution in [0, 0.1) is 0 Å². The molecule has 5 heterocycles. The van der Waals surface area contributed by atoms with E-state index in [2.05, 4.69) is 0 Å². The van der Waals surface area contributed by atoms with Crippen molar-refractivity contribution in [3.8, 4) is 92.0 Å². The van der Waals surface area contributed by atoms with Crippen LogP contribution in [0.1, 0.15) is 62.6 Å². The van der Waals surface area contributed by atoms with Crippen molar-refractivity contribution in [2.45, 2.75) is 73.6 Å². The maximum absolute atomic E-state index is 12.6. The van der Waals surface area contributed by atoms with Gasteiger partial charge in [0.2, 0.25) is 12.0 Å². The van der Waals surface area contributed by atoms with Crippen LogP contribution in [0.15, 0.2) is 90.7 Å². The monoisotopic (exact) mass is 1120 g/mol. The molecule has 0 bridgehead atoms. The van der Waals surface area contributed by atoms with E-state index >= 15 is 0 Å². The highest BCUT2D eigenvalue weighted by atomic mass is 16.7. The lowest BCUT2D eigenvalue weighted by atomic mass is 9.76.